The Morgan fingerprint density at radius 2 is 2.15 bits per heavy atom. The summed E-state index contributed by atoms with van der Waals surface area (Å²) >= 11 is 0. The van der Waals surface area contributed by atoms with Gasteiger partial charge >= 0.3 is 0 Å². The molecule has 0 aliphatic carbocycles. The van der Waals surface area contributed by atoms with Crippen molar-refractivity contribution in [2.45, 2.75) is 20.4 Å². The number of nitrogen functional groups attached to an aromatic ring is 1. The molecule has 0 unspecified atom stereocenters. The third-order valence-corrected chi connectivity index (χ3v) is 3.34. The Hall–Kier alpha value is -2.37. The third-order valence-electron chi connectivity index (χ3n) is 3.34. The summed E-state index contributed by atoms with van der Waals surface area (Å²) in [4.78, 5) is 12.0. The third kappa shape index (κ3) is 2.64. The number of halogens is 1. The summed E-state index contributed by atoms with van der Waals surface area (Å²) in [5, 5.41) is 7.01. The maximum Gasteiger partial charge on any atom is 0.253 e. The molecule has 0 bridgehead atoms. The van der Waals surface area contributed by atoms with Crippen LogP contribution in [0.15, 0.2) is 18.2 Å². The summed E-state index contributed by atoms with van der Waals surface area (Å²) in [7, 11) is 1.85. The summed E-state index contributed by atoms with van der Waals surface area (Å²) in [6, 6.07) is 3.74. The Labute approximate surface area is 116 Å². The predicted molar refractivity (Wildman–Crippen MR) is 74.7 cm³/mol. The molecule has 0 atom stereocenters. The average molecular weight is 276 g/mol. The number of carbonyl (C=O) groups excluding carboxylic acids is 1. The van der Waals surface area contributed by atoms with Crippen molar-refractivity contribution in [1.82, 2.24) is 15.1 Å². The quantitative estimate of drug-likeness (QED) is 0.838. The van der Waals surface area contributed by atoms with E-state index in [1.54, 1.807) is 4.68 Å². The minimum atomic E-state index is -0.488. The second-order valence-corrected chi connectivity index (χ2v) is 4.69. The van der Waals surface area contributed by atoms with Crippen LogP contribution in [0.3, 0.4) is 0 Å². The van der Waals surface area contributed by atoms with Crippen LogP contribution in [0.4, 0.5) is 10.1 Å². The van der Waals surface area contributed by atoms with Crippen molar-refractivity contribution in [3.05, 3.63) is 46.5 Å². The van der Waals surface area contributed by atoms with Crippen molar-refractivity contribution in [1.29, 1.82) is 0 Å². The molecule has 0 spiro atoms. The van der Waals surface area contributed by atoms with Crippen LogP contribution in [0, 0.1) is 19.7 Å². The topological polar surface area (TPSA) is 72.9 Å². The van der Waals surface area contributed by atoms with Gasteiger partial charge in [0.25, 0.3) is 5.91 Å². The number of amides is 1. The molecule has 106 valence electrons. The van der Waals surface area contributed by atoms with Gasteiger partial charge in [-0.15, -0.1) is 0 Å². The molecule has 1 aromatic heterocycles. The first-order chi connectivity index (χ1) is 9.40. The van der Waals surface area contributed by atoms with Crippen LogP contribution < -0.4 is 11.1 Å². The van der Waals surface area contributed by atoms with Gasteiger partial charge in [0, 0.05) is 30.5 Å². The molecule has 2 rings (SSSR count). The largest absolute Gasteiger partial charge is 0.398 e. The van der Waals surface area contributed by atoms with E-state index >= 15 is 0 Å². The van der Waals surface area contributed by atoms with Crippen molar-refractivity contribution in [3.63, 3.8) is 0 Å². The van der Waals surface area contributed by atoms with E-state index in [4.69, 9.17) is 5.73 Å². The molecule has 5 nitrogen and oxygen atoms in total. The SMILES string of the molecule is Cc1nn(C)c(C)c1CNC(=O)c1cc(F)ccc1N. The van der Waals surface area contributed by atoms with Crippen molar-refractivity contribution in [2.75, 3.05) is 5.73 Å². The van der Waals surface area contributed by atoms with Crippen molar-refractivity contribution in [3.8, 4) is 0 Å². The first kappa shape index (κ1) is 14.0. The molecule has 0 saturated heterocycles. The van der Waals surface area contributed by atoms with Gasteiger partial charge in [-0.1, -0.05) is 0 Å². The summed E-state index contributed by atoms with van der Waals surface area (Å²) < 4.78 is 14.9. The fourth-order valence-electron chi connectivity index (χ4n) is 2.06. The summed E-state index contributed by atoms with van der Waals surface area (Å²) in [5.74, 6) is -0.886. The number of aryl methyl sites for hydroxylation is 2. The van der Waals surface area contributed by atoms with Crippen LogP contribution in [0.2, 0.25) is 0 Å². The number of nitrogens with one attached hydrogen (secondary N) is 1. The molecular weight excluding hydrogens is 259 g/mol. The molecule has 0 radical (unpaired) electrons. The van der Waals surface area contributed by atoms with E-state index in [0.717, 1.165) is 23.0 Å². The smallest absolute Gasteiger partial charge is 0.253 e. The van der Waals surface area contributed by atoms with Gasteiger partial charge in [0.1, 0.15) is 5.82 Å². The zero-order valence-corrected chi connectivity index (χ0v) is 11.7. The lowest BCUT2D eigenvalue weighted by Crippen LogP contribution is -2.24. The number of aromatic nitrogens is 2. The molecule has 20 heavy (non-hydrogen) atoms. The van der Waals surface area contributed by atoms with Gasteiger partial charge in [-0.3, -0.25) is 9.48 Å². The minimum Gasteiger partial charge on any atom is -0.398 e. The lowest BCUT2D eigenvalue weighted by molar-refractivity contribution is 0.0951. The summed E-state index contributed by atoms with van der Waals surface area (Å²) in [6.07, 6.45) is 0. The molecule has 1 amide bonds. The number of hydrogen-bond donors (Lipinski definition) is 2. The molecule has 6 heteroatoms. The van der Waals surface area contributed by atoms with Gasteiger partial charge in [-0.2, -0.15) is 5.10 Å². The van der Waals surface area contributed by atoms with Crippen molar-refractivity contribution < 1.29 is 9.18 Å². The Balaban J connectivity index is 2.15. The van der Waals surface area contributed by atoms with E-state index in [1.807, 2.05) is 20.9 Å². The number of nitrogens with two attached hydrogens (primary N) is 1. The molecule has 1 heterocycles. The molecular formula is C14H17FN4O. The summed E-state index contributed by atoms with van der Waals surface area (Å²) in [6.45, 7) is 4.14. The first-order valence-electron chi connectivity index (χ1n) is 6.22. The molecule has 0 aliphatic heterocycles. The number of nitrogens with zero attached hydrogens (tertiary/aromatic N) is 2. The van der Waals surface area contributed by atoms with E-state index in [2.05, 4.69) is 10.4 Å². The standard InChI is InChI=1S/C14H17FN4O/c1-8-12(9(2)19(3)18-8)7-17-14(20)11-6-10(15)4-5-13(11)16/h4-6H,7,16H2,1-3H3,(H,17,20). The van der Waals surface area contributed by atoms with Crippen molar-refractivity contribution >= 4 is 11.6 Å². The molecule has 0 aliphatic rings. The second kappa shape index (κ2) is 5.32. The highest BCUT2D eigenvalue weighted by Crippen LogP contribution is 2.15. The number of hydrogen-bond acceptors (Lipinski definition) is 3. The Morgan fingerprint density at radius 3 is 2.75 bits per heavy atom. The summed E-state index contributed by atoms with van der Waals surface area (Å²) in [5.41, 5.74) is 8.87. The van der Waals surface area contributed by atoms with Crippen LogP contribution in [0.25, 0.3) is 0 Å². The lowest BCUT2D eigenvalue weighted by Gasteiger charge is -2.08. The fraction of sp³-hybridized carbons (Fsp3) is 0.286. The maximum absolute atomic E-state index is 13.2. The van der Waals surface area contributed by atoms with Crippen LogP contribution in [-0.2, 0) is 13.6 Å². The van der Waals surface area contributed by atoms with E-state index in [0.29, 0.717) is 6.54 Å². The van der Waals surface area contributed by atoms with E-state index < -0.39 is 11.7 Å². The Morgan fingerprint density at radius 1 is 1.45 bits per heavy atom. The van der Waals surface area contributed by atoms with Crippen LogP contribution >= 0.6 is 0 Å². The van der Waals surface area contributed by atoms with Gasteiger partial charge in [0.15, 0.2) is 0 Å². The van der Waals surface area contributed by atoms with Gasteiger partial charge in [0.2, 0.25) is 0 Å². The Bertz CT molecular complexity index is 663. The zero-order chi connectivity index (χ0) is 14.9. The van der Waals surface area contributed by atoms with Crippen LogP contribution in [0.5, 0.6) is 0 Å². The highest BCUT2D eigenvalue weighted by atomic mass is 19.1. The molecule has 1 aromatic carbocycles. The molecule has 2 aromatic rings. The maximum atomic E-state index is 13.2. The highest BCUT2D eigenvalue weighted by molar-refractivity contribution is 5.99. The number of rotatable bonds is 3. The first-order valence-corrected chi connectivity index (χ1v) is 6.22. The lowest BCUT2D eigenvalue weighted by atomic mass is 10.1. The average Bonchev–Trinajstić information content (AvgIpc) is 2.64. The van der Waals surface area contributed by atoms with Gasteiger partial charge < -0.3 is 11.1 Å². The monoisotopic (exact) mass is 276 g/mol. The van der Waals surface area contributed by atoms with Crippen molar-refractivity contribution in [2.24, 2.45) is 7.05 Å². The normalized spacial score (nSPS) is 10.6. The van der Waals surface area contributed by atoms with E-state index in [1.165, 1.54) is 12.1 Å². The van der Waals surface area contributed by atoms with E-state index in [-0.39, 0.29) is 11.3 Å². The zero-order valence-electron chi connectivity index (χ0n) is 11.7. The molecule has 0 saturated carbocycles. The highest BCUT2D eigenvalue weighted by Gasteiger charge is 2.14. The number of carbonyl (C=O) groups is 1. The molecule has 0 fully saturated rings. The van der Waals surface area contributed by atoms with Gasteiger partial charge in [-0.25, -0.2) is 4.39 Å². The van der Waals surface area contributed by atoms with Crippen LogP contribution in [0.1, 0.15) is 27.3 Å². The second-order valence-electron chi connectivity index (χ2n) is 4.69. The predicted octanol–water partition coefficient (Wildman–Crippen LogP) is 1.69. The van der Waals surface area contributed by atoms with Crippen LogP contribution in [-0.4, -0.2) is 15.7 Å². The van der Waals surface area contributed by atoms with Gasteiger partial charge in [0.05, 0.1) is 11.3 Å². The van der Waals surface area contributed by atoms with Gasteiger partial charge in [-0.05, 0) is 32.0 Å². The fourth-order valence-corrected chi connectivity index (χ4v) is 2.06. The Kier molecular flexibility index (Phi) is 3.74. The minimum absolute atomic E-state index is 0.143. The number of anilines is 1. The van der Waals surface area contributed by atoms with E-state index in [9.17, 15) is 9.18 Å². The molecule has 3 N–H and O–H groups in total. The number of benzene rings is 1.